The van der Waals surface area contributed by atoms with Crippen LogP contribution in [0.1, 0.15) is 36.8 Å². The van der Waals surface area contributed by atoms with Crippen molar-refractivity contribution in [2.24, 2.45) is 0 Å². The summed E-state index contributed by atoms with van der Waals surface area (Å²) in [5, 5.41) is 0. The van der Waals surface area contributed by atoms with E-state index in [2.05, 4.69) is 15.9 Å². The van der Waals surface area contributed by atoms with Crippen molar-refractivity contribution in [2.75, 3.05) is 31.9 Å². The Balaban J connectivity index is 1.61. The highest BCUT2D eigenvalue weighted by atomic mass is 16.2. The zero-order chi connectivity index (χ0) is 14.7. The van der Waals surface area contributed by atoms with Gasteiger partial charge in [-0.25, -0.2) is 0 Å². The molecule has 0 atom stereocenters. The Kier molecular flexibility index (Phi) is 4.44. The molecule has 4 nitrogen and oxygen atoms in total. The number of hydrogen-bond donors (Lipinski definition) is 1. The van der Waals surface area contributed by atoms with Crippen LogP contribution in [-0.4, -0.2) is 41.9 Å². The van der Waals surface area contributed by atoms with Gasteiger partial charge in [0.1, 0.15) is 0 Å². The van der Waals surface area contributed by atoms with Crippen LogP contribution in [-0.2, 0) is 17.8 Å². The highest BCUT2D eigenvalue weighted by Gasteiger charge is 2.22. The number of rotatable bonds is 2. The molecule has 1 amide bonds. The zero-order valence-corrected chi connectivity index (χ0v) is 12.7. The third-order valence-electron chi connectivity index (χ3n) is 4.71. The summed E-state index contributed by atoms with van der Waals surface area (Å²) in [6.45, 7) is 4.17. The zero-order valence-electron chi connectivity index (χ0n) is 12.7. The van der Waals surface area contributed by atoms with Gasteiger partial charge in [-0.3, -0.25) is 9.69 Å². The van der Waals surface area contributed by atoms with Crippen molar-refractivity contribution in [3.63, 3.8) is 0 Å². The van der Waals surface area contributed by atoms with Crippen LogP contribution in [0.5, 0.6) is 0 Å². The van der Waals surface area contributed by atoms with Gasteiger partial charge < -0.3 is 10.6 Å². The summed E-state index contributed by atoms with van der Waals surface area (Å²) in [5.74, 6) is 0.287. The minimum absolute atomic E-state index is 0.287. The van der Waals surface area contributed by atoms with E-state index in [-0.39, 0.29) is 5.91 Å². The summed E-state index contributed by atoms with van der Waals surface area (Å²) in [7, 11) is 0. The van der Waals surface area contributed by atoms with Gasteiger partial charge in [0.05, 0.1) is 6.54 Å². The summed E-state index contributed by atoms with van der Waals surface area (Å²) in [6, 6.07) is 6.13. The number of fused-ring (bicyclic) bond motifs is 1. The number of benzene rings is 1. The molecular formula is C17H25N3O. The number of nitrogens with two attached hydrogens (primary N) is 1. The molecule has 2 heterocycles. The number of likely N-dealkylation sites (tertiary alicyclic amines) is 1. The molecule has 0 radical (unpaired) electrons. The SMILES string of the molecule is Nc1cccc2c1CN(CC(=O)N1CCCCCC1)CC2. The number of anilines is 1. The van der Waals surface area contributed by atoms with Crippen molar-refractivity contribution in [1.82, 2.24) is 9.80 Å². The number of nitrogen functional groups attached to an aromatic ring is 1. The standard InChI is InChI=1S/C17H25N3O/c18-16-7-5-6-14-8-11-19(12-15(14)16)13-17(21)20-9-3-1-2-4-10-20/h5-7H,1-4,8-13,18H2. The Morgan fingerprint density at radius 2 is 1.86 bits per heavy atom. The number of nitrogens with zero attached hydrogens (tertiary/aromatic N) is 2. The smallest absolute Gasteiger partial charge is 0.236 e. The summed E-state index contributed by atoms with van der Waals surface area (Å²) in [6.07, 6.45) is 5.82. The molecule has 3 rings (SSSR count). The van der Waals surface area contributed by atoms with Crippen LogP contribution in [0.25, 0.3) is 0 Å². The molecule has 2 N–H and O–H groups in total. The lowest BCUT2D eigenvalue weighted by molar-refractivity contribution is -0.132. The molecule has 0 aromatic heterocycles. The quantitative estimate of drug-likeness (QED) is 0.847. The Bertz CT molecular complexity index is 507. The van der Waals surface area contributed by atoms with Crippen molar-refractivity contribution < 1.29 is 4.79 Å². The van der Waals surface area contributed by atoms with E-state index in [1.54, 1.807) is 0 Å². The fraction of sp³-hybridized carbons (Fsp3) is 0.588. The third kappa shape index (κ3) is 3.38. The average molecular weight is 287 g/mol. The monoisotopic (exact) mass is 287 g/mol. The normalized spacial score (nSPS) is 19.9. The van der Waals surface area contributed by atoms with E-state index in [0.717, 1.165) is 51.1 Å². The van der Waals surface area contributed by atoms with Crippen LogP contribution in [0.4, 0.5) is 5.69 Å². The lowest BCUT2D eigenvalue weighted by Crippen LogP contribution is -2.42. The Labute approximate surface area is 126 Å². The molecule has 0 unspecified atom stereocenters. The minimum atomic E-state index is 0.287. The Morgan fingerprint density at radius 3 is 2.62 bits per heavy atom. The fourth-order valence-electron chi connectivity index (χ4n) is 3.41. The summed E-state index contributed by atoms with van der Waals surface area (Å²) >= 11 is 0. The third-order valence-corrected chi connectivity index (χ3v) is 4.71. The van der Waals surface area contributed by atoms with Crippen LogP contribution in [0.2, 0.25) is 0 Å². The molecule has 0 saturated carbocycles. The fourth-order valence-corrected chi connectivity index (χ4v) is 3.41. The molecule has 2 aliphatic heterocycles. The predicted octanol–water partition coefficient (Wildman–Crippen LogP) is 2.03. The second kappa shape index (κ2) is 6.48. The molecule has 0 aliphatic carbocycles. The van der Waals surface area contributed by atoms with E-state index >= 15 is 0 Å². The van der Waals surface area contributed by atoms with Gasteiger partial charge in [0.15, 0.2) is 0 Å². The first-order chi connectivity index (χ1) is 10.2. The second-order valence-corrected chi connectivity index (χ2v) is 6.24. The van der Waals surface area contributed by atoms with Crippen LogP contribution < -0.4 is 5.73 Å². The van der Waals surface area contributed by atoms with Gasteiger partial charge in [0.25, 0.3) is 0 Å². The molecule has 2 aliphatic rings. The number of carbonyl (C=O) groups is 1. The van der Waals surface area contributed by atoms with E-state index < -0.39 is 0 Å². The van der Waals surface area contributed by atoms with Gasteiger partial charge in [-0.05, 0) is 36.5 Å². The van der Waals surface area contributed by atoms with Gasteiger partial charge >= 0.3 is 0 Å². The maximum absolute atomic E-state index is 12.5. The molecule has 114 valence electrons. The summed E-state index contributed by atoms with van der Waals surface area (Å²) < 4.78 is 0. The molecule has 1 fully saturated rings. The molecule has 1 aromatic carbocycles. The highest BCUT2D eigenvalue weighted by Crippen LogP contribution is 2.24. The first-order valence-corrected chi connectivity index (χ1v) is 8.10. The molecule has 0 bridgehead atoms. The lowest BCUT2D eigenvalue weighted by Gasteiger charge is -2.31. The van der Waals surface area contributed by atoms with Crippen molar-refractivity contribution in [3.05, 3.63) is 29.3 Å². The maximum atomic E-state index is 12.5. The van der Waals surface area contributed by atoms with Gasteiger partial charge in [0, 0.05) is 31.9 Å². The molecule has 1 aromatic rings. The lowest BCUT2D eigenvalue weighted by atomic mass is 9.98. The van der Waals surface area contributed by atoms with Crippen molar-refractivity contribution >= 4 is 11.6 Å². The van der Waals surface area contributed by atoms with Crippen molar-refractivity contribution in [1.29, 1.82) is 0 Å². The Morgan fingerprint density at radius 1 is 1.10 bits per heavy atom. The minimum Gasteiger partial charge on any atom is -0.398 e. The average Bonchev–Trinajstić information content (AvgIpc) is 2.77. The number of hydrogen-bond acceptors (Lipinski definition) is 3. The molecular weight excluding hydrogens is 262 g/mol. The highest BCUT2D eigenvalue weighted by molar-refractivity contribution is 5.78. The first kappa shape index (κ1) is 14.4. The molecule has 0 spiro atoms. The van der Waals surface area contributed by atoms with Crippen LogP contribution in [0.3, 0.4) is 0 Å². The van der Waals surface area contributed by atoms with Gasteiger partial charge in [-0.1, -0.05) is 25.0 Å². The van der Waals surface area contributed by atoms with E-state index in [9.17, 15) is 4.79 Å². The Hall–Kier alpha value is -1.55. The van der Waals surface area contributed by atoms with E-state index in [1.807, 2.05) is 12.1 Å². The molecule has 4 heteroatoms. The topological polar surface area (TPSA) is 49.6 Å². The van der Waals surface area contributed by atoms with Crippen molar-refractivity contribution in [2.45, 2.75) is 38.6 Å². The predicted molar refractivity (Wildman–Crippen MR) is 84.9 cm³/mol. The first-order valence-electron chi connectivity index (χ1n) is 8.10. The summed E-state index contributed by atoms with van der Waals surface area (Å²) in [4.78, 5) is 16.8. The van der Waals surface area contributed by atoms with E-state index in [1.165, 1.54) is 24.0 Å². The van der Waals surface area contributed by atoms with Gasteiger partial charge in [0.2, 0.25) is 5.91 Å². The second-order valence-electron chi connectivity index (χ2n) is 6.24. The number of amides is 1. The number of carbonyl (C=O) groups excluding carboxylic acids is 1. The van der Waals surface area contributed by atoms with Gasteiger partial charge in [-0.2, -0.15) is 0 Å². The largest absolute Gasteiger partial charge is 0.398 e. The molecule has 1 saturated heterocycles. The summed E-state index contributed by atoms with van der Waals surface area (Å²) in [5.41, 5.74) is 9.49. The van der Waals surface area contributed by atoms with Gasteiger partial charge in [-0.15, -0.1) is 0 Å². The van der Waals surface area contributed by atoms with Crippen LogP contribution in [0.15, 0.2) is 18.2 Å². The maximum Gasteiger partial charge on any atom is 0.236 e. The van der Waals surface area contributed by atoms with E-state index in [0.29, 0.717) is 6.54 Å². The molecule has 21 heavy (non-hydrogen) atoms. The van der Waals surface area contributed by atoms with Crippen LogP contribution in [0, 0.1) is 0 Å². The van der Waals surface area contributed by atoms with E-state index in [4.69, 9.17) is 5.73 Å². The van der Waals surface area contributed by atoms with Crippen LogP contribution >= 0.6 is 0 Å². The van der Waals surface area contributed by atoms with Crippen molar-refractivity contribution in [3.8, 4) is 0 Å².